The van der Waals surface area contributed by atoms with Gasteiger partial charge in [0.2, 0.25) is 17.8 Å². The van der Waals surface area contributed by atoms with Crippen molar-refractivity contribution in [2.75, 3.05) is 10.7 Å². The standard InChI is InChI=1S/C9H14N10O/c1-5(2-6(10)20)14-7-15-8(18-11)17-9(16-7)19-4-12-3-13-19/h3-5H,2,11H2,1H3,(H2,10,20)(H2,14,15,16,17,18). The van der Waals surface area contributed by atoms with E-state index in [4.69, 9.17) is 11.6 Å². The van der Waals surface area contributed by atoms with Gasteiger partial charge in [0.25, 0.3) is 5.95 Å². The molecular formula is C9H14N10O. The Balaban J connectivity index is 2.24. The van der Waals surface area contributed by atoms with Crippen LogP contribution in [-0.4, -0.2) is 41.7 Å². The highest BCUT2D eigenvalue weighted by atomic mass is 16.1. The highest BCUT2D eigenvalue weighted by Gasteiger charge is 2.11. The van der Waals surface area contributed by atoms with E-state index in [-0.39, 0.29) is 30.3 Å². The van der Waals surface area contributed by atoms with Crippen LogP contribution in [0.25, 0.3) is 5.95 Å². The molecule has 0 aromatic carbocycles. The van der Waals surface area contributed by atoms with Crippen LogP contribution in [0.5, 0.6) is 0 Å². The molecule has 2 heterocycles. The SMILES string of the molecule is CC(CC(N)=O)Nc1nc(NN)nc(-n2cncn2)n1. The zero-order chi connectivity index (χ0) is 14.5. The highest BCUT2D eigenvalue weighted by molar-refractivity contribution is 5.74. The number of nitrogens with one attached hydrogen (secondary N) is 2. The van der Waals surface area contributed by atoms with E-state index < -0.39 is 5.91 Å². The number of amides is 1. The monoisotopic (exact) mass is 278 g/mol. The Hall–Kier alpha value is -2.82. The molecule has 2 aromatic rings. The molecule has 0 spiro atoms. The topological polar surface area (TPSA) is 163 Å². The molecule has 0 aliphatic heterocycles. The fourth-order valence-corrected chi connectivity index (χ4v) is 1.48. The molecule has 106 valence electrons. The zero-order valence-corrected chi connectivity index (χ0v) is 10.7. The molecule has 6 N–H and O–H groups in total. The molecule has 0 bridgehead atoms. The summed E-state index contributed by atoms with van der Waals surface area (Å²) in [7, 11) is 0. The van der Waals surface area contributed by atoms with E-state index in [1.807, 2.05) is 0 Å². The van der Waals surface area contributed by atoms with Gasteiger partial charge < -0.3 is 11.1 Å². The Bertz CT molecular complexity index is 582. The summed E-state index contributed by atoms with van der Waals surface area (Å²) in [4.78, 5) is 26.9. The largest absolute Gasteiger partial charge is 0.370 e. The number of nitrogens with zero attached hydrogens (tertiary/aromatic N) is 6. The van der Waals surface area contributed by atoms with E-state index in [2.05, 4.69) is 35.8 Å². The Kier molecular flexibility index (Phi) is 4.00. The lowest BCUT2D eigenvalue weighted by Crippen LogP contribution is -2.25. The van der Waals surface area contributed by atoms with Gasteiger partial charge in [-0.25, -0.2) is 10.8 Å². The van der Waals surface area contributed by atoms with E-state index in [1.165, 1.54) is 17.3 Å². The number of aromatic nitrogens is 6. The van der Waals surface area contributed by atoms with Crippen LogP contribution in [0.3, 0.4) is 0 Å². The summed E-state index contributed by atoms with van der Waals surface area (Å²) in [5, 5.41) is 6.84. The van der Waals surface area contributed by atoms with Gasteiger partial charge in [-0.15, -0.1) is 0 Å². The highest BCUT2D eigenvalue weighted by Crippen LogP contribution is 2.09. The summed E-state index contributed by atoms with van der Waals surface area (Å²) in [6, 6.07) is -0.232. The maximum absolute atomic E-state index is 10.9. The third-order valence-electron chi connectivity index (χ3n) is 2.26. The molecule has 0 fully saturated rings. The molecule has 20 heavy (non-hydrogen) atoms. The van der Waals surface area contributed by atoms with E-state index in [0.717, 1.165) is 0 Å². The minimum Gasteiger partial charge on any atom is -0.370 e. The third kappa shape index (κ3) is 3.35. The van der Waals surface area contributed by atoms with E-state index in [1.54, 1.807) is 6.92 Å². The van der Waals surface area contributed by atoms with Gasteiger partial charge in [0.05, 0.1) is 0 Å². The van der Waals surface area contributed by atoms with Crippen molar-refractivity contribution in [1.29, 1.82) is 0 Å². The second-order valence-corrected chi connectivity index (χ2v) is 3.98. The molecule has 1 amide bonds. The molecule has 1 unspecified atom stereocenters. The van der Waals surface area contributed by atoms with Gasteiger partial charge >= 0.3 is 0 Å². The lowest BCUT2D eigenvalue weighted by molar-refractivity contribution is -0.118. The van der Waals surface area contributed by atoms with E-state index >= 15 is 0 Å². The first kappa shape index (κ1) is 13.6. The van der Waals surface area contributed by atoms with E-state index in [0.29, 0.717) is 0 Å². The van der Waals surface area contributed by atoms with Crippen LogP contribution in [0.4, 0.5) is 11.9 Å². The predicted octanol–water partition coefficient (Wildman–Crippen LogP) is -1.59. The number of nitrogens with two attached hydrogens (primary N) is 2. The van der Waals surface area contributed by atoms with Gasteiger partial charge in [0.1, 0.15) is 12.7 Å². The predicted molar refractivity (Wildman–Crippen MR) is 69.5 cm³/mol. The van der Waals surface area contributed by atoms with Crippen molar-refractivity contribution in [2.45, 2.75) is 19.4 Å². The van der Waals surface area contributed by atoms with Crippen LogP contribution in [0.2, 0.25) is 0 Å². The Morgan fingerprint density at radius 3 is 2.75 bits per heavy atom. The van der Waals surface area contributed by atoms with Gasteiger partial charge in [-0.05, 0) is 6.92 Å². The number of hydrogen-bond donors (Lipinski definition) is 4. The summed E-state index contributed by atoms with van der Waals surface area (Å²) >= 11 is 0. The van der Waals surface area contributed by atoms with Gasteiger partial charge in [-0.2, -0.15) is 24.7 Å². The molecule has 0 saturated heterocycles. The number of hydrogen-bond acceptors (Lipinski definition) is 9. The molecule has 0 aliphatic carbocycles. The number of nitrogen functional groups attached to an aromatic ring is 1. The number of rotatable bonds is 6. The fraction of sp³-hybridized carbons (Fsp3) is 0.333. The summed E-state index contributed by atoms with van der Waals surface area (Å²) in [6.07, 6.45) is 2.93. The van der Waals surface area contributed by atoms with Crippen LogP contribution in [0.15, 0.2) is 12.7 Å². The van der Waals surface area contributed by atoms with Crippen molar-refractivity contribution in [3.8, 4) is 5.95 Å². The Morgan fingerprint density at radius 2 is 2.15 bits per heavy atom. The molecule has 2 rings (SSSR count). The quantitative estimate of drug-likeness (QED) is 0.360. The van der Waals surface area contributed by atoms with Crippen molar-refractivity contribution in [2.24, 2.45) is 11.6 Å². The molecule has 11 nitrogen and oxygen atoms in total. The van der Waals surface area contributed by atoms with Gasteiger partial charge in [0, 0.05) is 12.5 Å². The summed E-state index contributed by atoms with van der Waals surface area (Å²) in [5.41, 5.74) is 7.45. The van der Waals surface area contributed by atoms with Gasteiger partial charge in [0.15, 0.2) is 0 Å². The van der Waals surface area contributed by atoms with Crippen LogP contribution < -0.4 is 22.3 Å². The first-order valence-corrected chi connectivity index (χ1v) is 5.71. The number of carbonyl (C=O) groups excluding carboxylic acids is 1. The summed E-state index contributed by atoms with van der Waals surface area (Å²) < 4.78 is 1.35. The average Bonchev–Trinajstić information content (AvgIpc) is 2.91. The summed E-state index contributed by atoms with van der Waals surface area (Å²) in [5.74, 6) is 5.51. The number of hydrazine groups is 1. The Morgan fingerprint density at radius 1 is 1.40 bits per heavy atom. The molecule has 0 saturated carbocycles. The maximum Gasteiger partial charge on any atom is 0.258 e. The first-order valence-electron chi connectivity index (χ1n) is 5.71. The molecular weight excluding hydrogens is 264 g/mol. The average molecular weight is 278 g/mol. The Labute approximate surface area is 113 Å². The van der Waals surface area contributed by atoms with Gasteiger partial charge in [-0.3, -0.25) is 10.2 Å². The van der Waals surface area contributed by atoms with Crippen molar-refractivity contribution in [3.05, 3.63) is 12.7 Å². The number of primary amides is 1. The smallest absolute Gasteiger partial charge is 0.258 e. The van der Waals surface area contributed by atoms with Crippen molar-refractivity contribution < 1.29 is 4.79 Å². The van der Waals surface area contributed by atoms with E-state index in [9.17, 15) is 4.79 Å². The molecule has 0 radical (unpaired) electrons. The maximum atomic E-state index is 10.9. The van der Waals surface area contributed by atoms with Crippen LogP contribution >= 0.6 is 0 Å². The normalized spacial score (nSPS) is 11.9. The molecule has 1 atom stereocenters. The lowest BCUT2D eigenvalue weighted by Gasteiger charge is -2.13. The lowest BCUT2D eigenvalue weighted by atomic mass is 10.2. The minimum atomic E-state index is -0.423. The number of carbonyl (C=O) groups is 1. The number of anilines is 2. The third-order valence-corrected chi connectivity index (χ3v) is 2.26. The zero-order valence-electron chi connectivity index (χ0n) is 10.7. The second kappa shape index (κ2) is 5.88. The van der Waals surface area contributed by atoms with Gasteiger partial charge in [-0.1, -0.05) is 0 Å². The molecule has 11 heteroatoms. The van der Waals surface area contributed by atoms with Crippen molar-refractivity contribution in [1.82, 2.24) is 29.7 Å². The van der Waals surface area contributed by atoms with Crippen LogP contribution in [-0.2, 0) is 4.79 Å². The first-order chi connectivity index (χ1) is 9.58. The minimum absolute atomic E-state index is 0.149. The molecule has 2 aromatic heterocycles. The van der Waals surface area contributed by atoms with Crippen LogP contribution in [0.1, 0.15) is 13.3 Å². The second-order valence-electron chi connectivity index (χ2n) is 3.98. The fourth-order valence-electron chi connectivity index (χ4n) is 1.48. The van der Waals surface area contributed by atoms with Crippen molar-refractivity contribution in [3.63, 3.8) is 0 Å². The summed E-state index contributed by atoms with van der Waals surface area (Å²) in [6.45, 7) is 1.78. The van der Waals surface area contributed by atoms with Crippen molar-refractivity contribution >= 4 is 17.8 Å². The molecule has 0 aliphatic rings. The van der Waals surface area contributed by atoms with Crippen LogP contribution in [0, 0.1) is 0 Å².